The highest BCUT2D eigenvalue weighted by atomic mass is 16.5. The lowest BCUT2D eigenvalue weighted by molar-refractivity contribution is -0.131. The molecule has 140 valence electrons. The molecule has 7 heteroatoms. The molecule has 7 nitrogen and oxygen atoms in total. The summed E-state index contributed by atoms with van der Waals surface area (Å²) in [5.41, 5.74) is 0.234. The molecule has 0 spiro atoms. The second kappa shape index (κ2) is 7.49. The first-order valence-electron chi connectivity index (χ1n) is 8.54. The average molecular weight is 367 g/mol. The molecule has 1 N–H and O–H groups in total. The highest BCUT2D eigenvalue weighted by Gasteiger charge is 2.51. The molecule has 2 aromatic carbocycles. The van der Waals surface area contributed by atoms with Crippen molar-refractivity contribution < 1.29 is 19.1 Å². The van der Waals surface area contributed by atoms with Crippen LogP contribution in [0.15, 0.2) is 53.6 Å². The van der Waals surface area contributed by atoms with Crippen molar-refractivity contribution in [3.05, 3.63) is 59.7 Å². The van der Waals surface area contributed by atoms with E-state index in [-0.39, 0.29) is 0 Å². The van der Waals surface area contributed by atoms with Gasteiger partial charge in [-0.15, -0.1) is 5.01 Å². The molecule has 3 amide bonds. The summed E-state index contributed by atoms with van der Waals surface area (Å²) in [6, 6.07) is 13.8. The zero-order chi connectivity index (χ0) is 19.4. The van der Waals surface area contributed by atoms with Gasteiger partial charge in [-0.05, 0) is 24.1 Å². The van der Waals surface area contributed by atoms with Crippen molar-refractivity contribution >= 4 is 18.2 Å². The van der Waals surface area contributed by atoms with Crippen LogP contribution in [0.3, 0.4) is 0 Å². The van der Waals surface area contributed by atoms with E-state index in [1.165, 1.54) is 13.3 Å². The van der Waals surface area contributed by atoms with Crippen LogP contribution in [0.25, 0.3) is 0 Å². The molecular formula is C20H21N3O4. The molecule has 0 bridgehead atoms. The molecule has 0 aromatic heterocycles. The zero-order valence-electron chi connectivity index (χ0n) is 15.4. The van der Waals surface area contributed by atoms with Crippen LogP contribution >= 0.6 is 0 Å². The number of carbonyl (C=O) groups is 2. The van der Waals surface area contributed by atoms with Crippen LogP contribution in [0.5, 0.6) is 11.5 Å². The third kappa shape index (κ3) is 3.23. The number of hydrazone groups is 1. The fourth-order valence-electron chi connectivity index (χ4n) is 3.07. The minimum atomic E-state index is -1.11. The maximum Gasteiger partial charge on any atom is 0.346 e. The Kier molecular flexibility index (Phi) is 5.12. The molecule has 1 aliphatic heterocycles. The Labute approximate surface area is 157 Å². The van der Waals surface area contributed by atoms with Crippen molar-refractivity contribution in [2.45, 2.75) is 18.9 Å². The molecule has 0 radical (unpaired) electrons. The van der Waals surface area contributed by atoms with Gasteiger partial charge in [0.1, 0.15) is 17.0 Å². The second-order valence-electron chi connectivity index (χ2n) is 6.02. The van der Waals surface area contributed by atoms with Gasteiger partial charge in [0.25, 0.3) is 5.91 Å². The molecule has 1 fully saturated rings. The van der Waals surface area contributed by atoms with E-state index < -0.39 is 17.5 Å². The summed E-state index contributed by atoms with van der Waals surface area (Å²) in [7, 11) is 3.08. The number of hydrogen-bond donors (Lipinski definition) is 1. The lowest BCUT2D eigenvalue weighted by Crippen LogP contribution is -2.43. The summed E-state index contributed by atoms with van der Waals surface area (Å²) in [6.07, 6.45) is 1.84. The topological polar surface area (TPSA) is 80.2 Å². The maximum absolute atomic E-state index is 13.0. The SMILES string of the molecule is CC[C@]1(c2ccccc2)NC(=O)N(/N=C\c2ccc(OC)cc2OC)C1=O. The standard InChI is InChI=1S/C20H21N3O4/c1-4-20(15-8-6-5-7-9-15)18(24)23(19(25)22-20)21-13-14-10-11-16(26-2)12-17(14)27-3/h5-13H,4H2,1-3H3,(H,22,25)/b21-13-/t20-/m1/s1. The number of ether oxygens (including phenoxy) is 2. The summed E-state index contributed by atoms with van der Waals surface area (Å²) in [6.45, 7) is 1.85. The molecule has 1 heterocycles. The number of imide groups is 1. The van der Waals surface area contributed by atoms with Crippen molar-refractivity contribution in [2.24, 2.45) is 5.10 Å². The predicted molar refractivity (Wildman–Crippen MR) is 101 cm³/mol. The van der Waals surface area contributed by atoms with Crippen molar-refractivity contribution in [1.29, 1.82) is 0 Å². The van der Waals surface area contributed by atoms with Crippen molar-refractivity contribution in [1.82, 2.24) is 10.3 Å². The minimum absolute atomic E-state index is 0.412. The maximum atomic E-state index is 13.0. The van der Waals surface area contributed by atoms with E-state index in [1.54, 1.807) is 25.3 Å². The van der Waals surface area contributed by atoms with Crippen LogP contribution in [0.4, 0.5) is 4.79 Å². The third-order valence-corrected chi connectivity index (χ3v) is 4.62. The number of amides is 3. The molecule has 1 aliphatic rings. The Morgan fingerprint density at radius 1 is 1.11 bits per heavy atom. The number of nitrogens with zero attached hydrogens (tertiary/aromatic N) is 2. The number of urea groups is 1. The zero-order valence-corrected chi connectivity index (χ0v) is 15.4. The fraction of sp³-hybridized carbons (Fsp3) is 0.250. The molecule has 1 atom stereocenters. The van der Waals surface area contributed by atoms with E-state index in [1.807, 2.05) is 37.3 Å². The molecule has 27 heavy (non-hydrogen) atoms. The smallest absolute Gasteiger partial charge is 0.346 e. The van der Waals surface area contributed by atoms with Crippen LogP contribution in [0, 0.1) is 0 Å². The lowest BCUT2D eigenvalue weighted by Gasteiger charge is -2.24. The van der Waals surface area contributed by atoms with Crippen molar-refractivity contribution in [2.75, 3.05) is 14.2 Å². The number of benzene rings is 2. The van der Waals surface area contributed by atoms with E-state index in [4.69, 9.17) is 9.47 Å². The van der Waals surface area contributed by atoms with Crippen LogP contribution in [-0.4, -0.2) is 37.4 Å². The first-order chi connectivity index (χ1) is 13.1. The molecule has 3 rings (SSSR count). The summed E-state index contributed by atoms with van der Waals surface area (Å²) in [4.78, 5) is 25.5. The normalized spacial score (nSPS) is 19.4. The second-order valence-corrected chi connectivity index (χ2v) is 6.02. The van der Waals surface area contributed by atoms with Crippen LogP contribution in [-0.2, 0) is 10.3 Å². The number of nitrogens with one attached hydrogen (secondary N) is 1. The minimum Gasteiger partial charge on any atom is -0.497 e. The highest BCUT2D eigenvalue weighted by molar-refractivity contribution is 6.07. The van der Waals surface area contributed by atoms with Crippen molar-refractivity contribution in [3.63, 3.8) is 0 Å². The predicted octanol–water partition coefficient (Wildman–Crippen LogP) is 2.90. The number of methoxy groups -OCH3 is 2. The van der Waals surface area contributed by atoms with Gasteiger partial charge in [0.15, 0.2) is 0 Å². The average Bonchev–Trinajstić information content (AvgIpc) is 2.97. The van der Waals surface area contributed by atoms with Gasteiger partial charge in [-0.3, -0.25) is 4.79 Å². The number of rotatable bonds is 6. The fourth-order valence-corrected chi connectivity index (χ4v) is 3.07. The van der Waals surface area contributed by atoms with E-state index in [9.17, 15) is 9.59 Å². The van der Waals surface area contributed by atoms with E-state index in [2.05, 4.69) is 10.4 Å². The lowest BCUT2D eigenvalue weighted by atomic mass is 9.87. The molecule has 2 aromatic rings. The van der Waals surface area contributed by atoms with Gasteiger partial charge < -0.3 is 14.8 Å². The summed E-state index contributed by atoms with van der Waals surface area (Å²) in [5, 5.41) is 7.76. The Morgan fingerprint density at radius 2 is 1.85 bits per heavy atom. The van der Waals surface area contributed by atoms with E-state index in [0.717, 1.165) is 10.6 Å². The number of hydrogen-bond acceptors (Lipinski definition) is 5. The van der Waals surface area contributed by atoms with Crippen molar-refractivity contribution in [3.8, 4) is 11.5 Å². The van der Waals surface area contributed by atoms with Gasteiger partial charge in [-0.25, -0.2) is 4.79 Å². The summed E-state index contributed by atoms with van der Waals surface area (Å²) in [5.74, 6) is 0.743. The summed E-state index contributed by atoms with van der Waals surface area (Å²) >= 11 is 0. The Morgan fingerprint density at radius 3 is 2.48 bits per heavy atom. The highest BCUT2D eigenvalue weighted by Crippen LogP contribution is 2.32. The van der Waals surface area contributed by atoms with E-state index in [0.29, 0.717) is 23.5 Å². The summed E-state index contributed by atoms with van der Waals surface area (Å²) < 4.78 is 10.5. The molecule has 0 aliphatic carbocycles. The first-order valence-corrected chi connectivity index (χ1v) is 8.54. The first kappa shape index (κ1) is 18.4. The Balaban J connectivity index is 1.91. The van der Waals surface area contributed by atoms with Gasteiger partial charge in [-0.1, -0.05) is 37.3 Å². The molecule has 0 unspecified atom stereocenters. The van der Waals surface area contributed by atoms with Crippen LogP contribution in [0.2, 0.25) is 0 Å². The quantitative estimate of drug-likeness (QED) is 0.629. The van der Waals surface area contributed by atoms with Gasteiger partial charge in [-0.2, -0.15) is 5.10 Å². The molecule has 0 saturated carbocycles. The third-order valence-electron chi connectivity index (χ3n) is 4.62. The number of carbonyl (C=O) groups excluding carboxylic acids is 2. The van der Waals surface area contributed by atoms with Crippen LogP contribution in [0.1, 0.15) is 24.5 Å². The van der Waals surface area contributed by atoms with Gasteiger partial charge in [0, 0.05) is 11.6 Å². The van der Waals surface area contributed by atoms with Gasteiger partial charge in [0.2, 0.25) is 0 Å². The Hall–Kier alpha value is -3.35. The largest absolute Gasteiger partial charge is 0.497 e. The van der Waals surface area contributed by atoms with Gasteiger partial charge >= 0.3 is 6.03 Å². The van der Waals surface area contributed by atoms with Gasteiger partial charge in [0.05, 0.1) is 20.4 Å². The monoisotopic (exact) mass is 367 g/mol. The Bertz CT molecular complexity index is 882. The molecular weight excluding hydrogens is 346 g/mol. The molecule has 1 saturated heterocycles. The van der Waals surface area contributed by atoms with Crippen LogP contribution < -0.4 is 14.8 Å². The van der Waals surface area contributed by atoms with E-state index >= 15 is 0 Å².